The van der Waals surface area contributed by atoms with E-state index in [-0.39, 0.29) is 17.5 Å². The number of rotatable bonds is 6. The molecule has 0 aliphatic carbocycles. The summed E-state index contributed by atoms with van der Waals surface area (Å²) in [5, 5.41) is 5.70. The molecule has 1 amide bonds. The zero-order valence-corrected chi connectivity index (χ0v) is 15.7. The van der Waals surface area contributed by atoms with Crippen molar-refractivity contribution in [1.29, 1.82) is 0 Å². The molecule has 1 aromatic carbocycles. The Balaban J connectivity index is 2.21. The smallest absolute Gasteiger partial charge is 0.229 e. The first-order chi connectivity index (χ1) is 12.0. The quantitative estimate of drug-likeness (QED) is 0.724. The molecule has 1 aliphatic heterocycles. The predicted octanol–water partition coefficient (Wildman–Crippen LogP) is 4.67. The molecule has 3 nitrogen and oxygen atoms in total. The van der Waals surface area contributed by atoms with Crippen molar-refractivity contribution in [2.45, 2.75) is 33.4 Å². The lowest BCUT2D eigenvalue weighted by molar-refractivity contribution is -0.121. The summed E-state index contributed by atoms with van der Waals surface area (Å²) in [6.45, 7) is 14.8. The summed E-state index contributed by atoms with van der Waals surface area (Å²) in [6, 6.07) is 4.80. The van der Waals surface area contributed by atoms with Gasteiger partial charge >= 0.3 is 0 Å². The zero-order chi connectivity index (χ0) is 19.6. The molecule has 26 heavy (non-hydrogen) atoms. The number of anilines is 1. The molecule has 1 aromatic rings. The summed E-state index contributed by atoms with van der Waals surface area (Å²) in [6.07, 6.45) is 1.68. The summed E-state index contributed by atoms with van der Waals surface area (Å²) in [5.74, 6) is -1.48. The highest BCUT2D eigenvalue weighted by molar-refractivity contribution is 5.85. The Morgan fingerprint density at radius 1 is 1.38 bits per heavy atom. The van der Waals surface area contributed by atoms with Crippen LogP contribution in [0.15, 0.2) is 54.3 Å². The SMILES string of the molecule is C=C(Nc1ccc(C)cc1F)[C@H]1C(=O)NC[C@@H]1C(=C)/C=C(\C)C(C)(C)F. The number of allylic oxidation sites excluding steroid dienone is 2. The van der Waals surface area contributed by atoms with Crippen LogP contribution in [0.2, 0.25) is 0 Å². The molecule has 1 aliphatic rings. The van der Waals surface area contributed by atoms with E-state index in [2.05, 4.69) is 23.8 Å². The molecule has 0 aromatic heterocycles. The van der Waals surface area contributed by atoms with Gasteiger partial charge in [-0.3, -0.25) is 4.79 Å². The van der Waals surface area contributed by atoms with E-state index in [4.69, 9.17) is 0 Å². The van der Waals surface area contributed by atoms with E-state index in [1.54, 1.807) is 32.1 Å². The molecular formula is C21H26F2N2O. The molecule has 1 heterocycles. The number of halogens is 2. The van der Waals surface area contributed by atoms with Crippen LogP contribution in [0.5, 0.6) is 0 Å². The van der Waals surface area contributed by atoms with Crippen molar-refractivity contribution in [1.82, 2.24) is 5.32 Å². The second kappa shape index (κ2) is 7.44. The van der Waals surface area contributed by atoms with Gasteiger partial charge in [-0.1, -0.05) is 25.3 Å². The fourth-order valence-electron chi connectivity index (χ4n) is 2.90. The van der Waals surface area contributed by atoms with Crippen molar-refractivity contribution in [2.24, 2.45) is 11.8 Å². The van der Waals surface area contributed by atoms with Crippen LogP contribution in [0.3, 0.4) is 0 Å². The second-order valence-electron chi connectivity index (χ2n) is 7.34. The standard InChI is InChI=1S/C21H26F2N2O/c1-12-7-8-18(17(22)9-12)25-15(4)19-16(11-24-20(19)26)13(2)10-14(3)21(5,6)23/h7-10,16,19,25H,2,4,11H2,1,3,5-6H3,(H,24,26)/b14-10+/t16-,19-/m1/s1. The van der Waals surface area contributed by atoms with E-state index in [0.29, 0.717) is 23.4 Å². The van der Waals surface area contributed by atoms with Gasteiger partial charge in [0.1, 0.15) is 11.5 Å². The summed E-state index contributed by atoms with van der Waals surface area (Å²) >= 11 is 0. The highest BCUT2D eigenvalue weighted by atomic mass is 19.1. The number of carbonyl (C=O) groups is 1. The first-order valence-electron chi connectivity index (χ1n) is 8.57. The van der Waals surface area contributed by atoms with Crippen molar-refractivity contribution in [3.8, 4) is 0 Å². The van der Waals surface area contributed by atoms with Gasteiger partial charge < -0.3 is 10.6 Å². The van der Waals surface area contributed by atoms with Crippen LogP contribution in [-0.4, -0.2) is 18.1 Å². The zero-order valence-electron chi connectivity index (χ0n) is 15.7. The molecule has 0 bridgehead atoms. The van der Waals surface area contributed by atoms with Gasteiger partial charge in [-0.15, -0.1) is 0 Å². The van der Waals surface area contributed by atoms with Crippen LogP contribution in [0.1, 0.15) is 26.3 Å². The molecule has 5 heteroatoms. The topological polar surface area (TPSA) is 41.1 Å². The minimum Gasteiger partial charge on any atom is -0.356 e. The van der Waals surface area contributed by atoms with Crippen LogP contribution in [0, 0.1) is 24.6 Å². The highest BCUT2D eigenvalue weighted by Crippen LogP contribution is 2.33. The molecule has 2 atom stereocenters. The second-order valence-corrected chi connectivity index (χ2v) is 7.34. The first kappa shape index (κ1) is 19.9. The lowest BCUT2D eigenvalue weighted by Gasteiger charge is -2.23. The average Bonchev–Trinajstić information content (AvgIpc) is 2.91. The van der Waals surface area contributed by atoms with Crippen molar-refractivity contribution in [3.05, 3.63) is 65.7 Å². The van der Waals surface area contributed by atoms with Gasteiger partial charge in [0, 0.05) is 18.2 Å². The minimum atomic E-state index is -1.46. The Morgan fingerprint density at radius 3 is 2.62 bits per heavy atom. The van der Waals surface area contributed by atoms with Crippen LogP contribution in [-0.2, 0) is 4.79 Å². The lowest BCUT2D eigenvalue weighted by Crippen LogP contribution is -2.25. The third-order valence-corrected chi connectivity index (χ3v) is 4.79. The predicted molar refractivity (Wildman–Crippen MR) is 102 cm³/mol. The Kier molecular flexibility index (Phi) is 5.69. The summed E-state index contributed by atoms with van der Waals surface area (Å²) in [5.41, 5.74) is 1.17. The molecule has 2 N–H and O–H groups in total. The normalized spacial score (nSPS) is 20.7. The Labute approximate surface area is 153 Å². The van der Waals surface area contributed by atoms with E-state index in [1.165, 1.54) is 19.9 Å². The van der Waals surface area contributed by atoms with Crippen LogP contribution in [0.25, 0.3) is 0 Å². The lowest BCUT2D eigenvalue weighted by atomic mass is 9.85. The van der Waals surface area contributed by atoms with E-state index >= 15 is 0 Å². The number of hydrogen-bond donors (Lipinski definition) is 2. The van der Waals surface area contributed by atoms with Gasteiger partial charge in [0.15, 0.2) is 0 Å². The van der Waals surface area contributed by atoms with E-state index in [9.17, 15) is 13.6 Å². The molecule has 0 unspecified atom stereocenters. The van der Waals surface area contributed by atoms with Crippen LogP contribution >= 0.6 is 0 Å². The van der Waals surface area contributed by atoms with Gasteiger partial charge in [0.25, 0.3) is 0 Å². The van der Waals surface area contributed by atoms with Crippen molar-refractivity contribution >= 4 is 11.6 Å². The number of alkyl halides is 1. The van der Waals surface area contributed by atoms with Crippen molar-refractivity contribution < 1.29 is 13.6 Å². The van der Waals surface area contributed by atoms with Crippen molar-refractivity contribution in [2.75, 3.05) is 11.9 Å². The monoisotopic (exact) mass is 360 g/mol. The largest absolute Gasteiger partial charge is 0.356 e. The summed E-state index contributed by atoms with van der Waals surface area (Å²) in [7, 11) is 0. The van der Waals surface area contributed by atoms with Gasteiger partial charge in [0.05, 0.1) is 11.6 Å². The molecule has 2 rings (SSSR count). The fourth-order valence-corrected chi connectivity index (χ4v) is 2.90. The molecule has 1 fully saturated rings. The van der Waals surface area contributed by atoms with Crippen LogP contribution in [0.4, 0.5) is 14.5 Å². The van der Waals surface area contributed by atoms with E-state index < -0.39 is 17.4 Å². The number of aryl methyl sites for hydroxylation is 1. The Morgan fingerprint density at radius 2 is 2.04 bits per heavy atom. The number of benzene rings is 1. The number of amides is 1. The maximum Gasteiger partial charge on any atom is 0.229 e. The molecule has 1 saturated heterocycles. The molecule has 0 radical (unpaired) electrons. The third-order valence-electron chi connectivity index (χ3n) is 4.79. The third kappa shape index (κ3) is 4.40. The molecule has 140 valence electrons. The van der Waals surface area contributed by atoms with Gasteiger partial charge in [-0.05, 0) is 56.5 Å². The highest BCUT2D eigenvalue weighted by Gasteiger charge is 2.38. The first-order valence-corrected chi connectivity index (χ1v) is 8.57. The summed E-state index contributed by atoms with van der Waals surface area (Å²) < 4.78 is 28.1. The Bertz CT molecular complexity index is 775. The van der Waals surface area contributed by atoms with E-state index in [0.717, 1.165) is 5.56 Å². The van der Waals surface area contributed by atoms with Gasteiger partial charge in [-0.25, -0.2) is 8.78 Å². The maximum atomic E-state index is 14.1. The minimum absolute atomic E-state index is 0.202. The number of hydrogen-bond acceptors (Lipinski definition) is 2. The summed E-state index contributed by atoms with van der Waals surface area (Å²) in [4.78, 5) is 12.3. The van der Waals surface area contributed by atoms with E-state index in [1.807, 2.05) is 0 Å². The van der Waals surface area contributed by atoms with Crippen molar-refractivity contribution in [3.63, 3.8) is 0 Å². The number of nitrogens with one attached hydrogen (secondary N) is 2. The fraction of sp³-hybridized carbons (Fsp3) is 0.381. The van der Waals surface area contributed by atoms with Gasteiger partial charge in [-0.2, -0.15) is 0 Å². The van der Waals surface area contributed by atoms with Gasteiger partial charge in [0.2, 0.25) is 5.91 Å². The molecule has 0 spiro atoms. The van der Waals surface area contributed by atoms with Crippen LogP contribution < -0.4 is 10.6 Å². The Hall–Kier alpha value is -2.43. The molecule has 0 saturated carbocycles. The number of carbonyl (C=O) groups excluding carboxylic acids is 1. The maximum absolute atomic E-state index is 14.1. The average molecular weight is 360 g/mol. The molecular weight excluding hydrogens is 334 g/mol.